The first kappa shape index (κ1) is 24.6. The molecule has 0 atom stereocenters. The smallest absolute Gasteiger partial charge is 0.387 e. The van der Waals surface area contributed by atoms with Gasteiger partial charge in [-0.15, -0.1) is 0 Å². The fourth-order valence-corrected chi connectivity index (χ4v) is 4.70. The summed E-state index contributed by atoms with van der Waals surface area (Å²) in [5, 5.41) is 10.2. The van der Waals surface area contributed by atoms with E-state index in [0.29, 0.717) is 38.9 Å². The normalized spacial score (nSPS) is 13.8. The first-order chi connectivity index (χ1) is 16.6. The summed E-state index contributed by atoms with van der Waals surface area (Å²) >= 11 is 0. The van der Waals surface area contributed by atoms with Crippen LogP contribution in [-0.2, 0) is 29.1 Å². The van der Waals surface area contributed by atoms with Gasteiger partial charge in [0.15, 0.2) is 0 Å². The largest absolute Gasteiger partial charge is 0.481 e. The van der Waals surface area contributed by atoms with Gasteiger partial charge in [-0.1, -0.05) is 26.0 Å². The lowest BCUT2D eigenvalue weighted by atomic mass is 9.84. The zero-order valence-corrected chi connectivity index (χ0v) is 19.8. The number of carbonyl (C=O) groups excluding carboxylic acids is 1. The number of alkyl halides is 2. The van der Waals surface area contributed by atoms with E-state index >= 15 is 0 Å². The van der Waals surface area contributed by atoms with Crippen molar-refractivity contribution in [1.82, 2.24) is 14.5 Å². The van der Waals surface area contributed by atoms with Crippen LogP contribution < -0.4 is 4.74 Å². The maximum atomic E-state index is 13.0. The van der Waals surface area contributed by atoms with E-state index in [1.807, 2.05) is 30.9 Å². The SMILES string of the molecule is CC(C)(CCC(=O)N1CCc2c(n(Cc3ccc(OC(F)F)cc3)c3ncccc23)C1)CC(=O)O. The number of hydrogen-bond donors (Lipinski definition) is 1. The van der Waals surface area contributed by atoms with Crippen molar-refractivity contribution < 1.29 is 28.2 Å². The average Bonchev–Trinajstić information content (AvgIpc) is 3.11. The van der Waals surface area contributed by atoms with Crippen LogP contribution in [0.4, 0.5) is 8.78 Å². The lowest BCUT2D eigenvalue weighted by Gasteiger charge is -2.30. The number of rotatable bonds is 9. The van der Waals surface area contributed by atoms with E-state index in [4.69, 9.17) is 5.11 Å². The van der Waals surface area contributed by atoms with E-state index < -0.39 is 18.0 Å². The zero-order valence-electron chi connectivity index (χ0n) is 19.8. The number of carboxylic acid groups (broad SMARTS) is 1. The molecular formula is C26H29F2N3O4. The van der Waals surface area contributed by atoms with E-state index in [9.17, 15) is 18.4 Å². The molecule has 4 rings (SSSR count). The summed E-state index contributed by atoms with van der Waals surface area (Å²) in [6.07, 6.45) is 3.25. The number of amides is 1. The molecule has 1 aromatic carbocycles. The average molecular weight is 486 g/mol. The first-order valence-electron chi connectivity index (χ1n) is 11.6. The minimum absolute atomic E-state index is 0.00683. The maximum Gasteiger partial charge on any atom is 0.387 e. The van der Waals surface area contributed by atoms with Crippen LogP contribution >= 0.6 is 0 Å². The molecule has 3 heterocycles. The Morgan fingerprint density at radius 2 is 1.94 bits per heavy atom. The third-order valence-corrected chi connectivity index (χ3v) is 6.50. The molecule has 186 valence electrons. The molecule has 1 amide bonds. The monoisotopic (exact) mass is 485 g/mol. The summed E-state index contributed by atoms with van der Waals surface area (Å²) in [4.78, 5) is 30.5. The fourth-order valence-electron chi connectivity index (χ4n) is 4.70. The summed E-state index contributed by atoms with van der Waals surface area (Å²) in [5.41, 5.74) is 3.44. The van der Waals surface area contributed by atoms with Gasteiger partial charge in [-0.2, -0.15) is 8.78 Å². The van der Waals surface area contributed by atoms with Gasteiger partial charge >= 0.3 is 12.6 Å². The third kappa shape index (κ3) is 5.78. The molecule has 1 N–H and O–H groups in total. The molecule has 0 unspecified atom stereocenters. The summed E-state index contributed by atoms with van der Waals surface area (Å²) < 4.78 is 31.5. The maximum absolute atomic E-state index is 13.0. The Bertz CT molecular complexity index is 1220. The molecule has 0 saturated carbocycles. The van der Waals surface area contributed by atoms with Crippen LogP contribution in [-0.4, -0.2) is 44.6 Å². The first-order valence-corrected chi connectivity index (χ1v) is 11.6. The van der Waals surface area contributed by atoms with Crippen LogP contribution in [0.5, 0.6) is 5.75 Å². The zero-order chi connectivity index (χ0) is 25.2. The second-order valence-electron chi connectivity index (χ2n) is 9.71. The van der Waals surface area contributed by atoms with Crippen LogP contribution in [0.25, 0.3) is 11.0 Å². The van der Waals surface area contributed by atoms with Crippen molar-refractivity contribution in [2.24, 2.45) is 5.41 Å². The van der Waals surface area contributed by atoms with Crippen molar-refractivity contribution in [3.63, 3.8) is 0 Å². The van der Waals surface area contributed by atoms with Crippen LogP contribution in [0.15, 0.2) is 42.6 Å². The van der Waals surface area contributed by atoms with E-state index in [2.05, 4.69) is 14.3 Å². The van der Waals surface area contributed by atoms with Gasteiger partial charge in [-0.3, -0.25) is 9.59 Å². The molecular weight excluding hydrogens is 456 g/mol. The molecule has 0 saturated heterocycles. The number of pyridine rings is 1. The number of aromatic nitrogens is 2. The molecule has 0 aliphatic carbocycles. The minimum Gasteiger partial charge on any atom is -0.481 e. The van der Waals surface area contributed by atoms with Crippen LogP contribution in [0.1, 0.15) is 49.9 Å². The quantitative estimate of drug-likeness (QED) is 0.468. The number of aliphatic carboxylic acids is 1. The topological polar surface area (TPSA) is 84.7 Å². The molecule has 0 spiro atoms. The molecule has 9 heteroatoms. The highest BCUT2D eigenvalue weighted by Gasteiger charge is 2.29. The van der Waals surface area contributed by atoms with Gasteiger partial charge in [0.25, 0.3) is 0 Å². The third-order valence-electron chi connectivity index (χ3n) is 6.50. The Kier molecular flexibility index (Phi) is 7.05. The van der Waals surface area contributed by atoms with Gasteiger partial charge in [0.05, 0.1) is 13.0 Å². The molecule has 0 fully saturated rings. The van der Waals surface area contributed by atoms with Gasteiger partial charge in [0, 0.05) is 36.8 Å². The molecule has 35 heavy (non-hydrogen) atoms. The van der Waals surface area contributed by atoms with E-state index in [1.54, 1.807) is 18.3 Å². The van der Waals surface area contributed by atoms with Crippen LogP contribution in [0, 0.1) is 5.41 Å². The molecule has 0 bridgehead atoms. The van der Waals surface area contributed by atoms with Crippen molar-refractivity contribution >= 4 is 22.9 Å². The van der Waals surface area contributed by atoms with Gasteiger partial charge in [-0.25, -0.2) is 4.98 Å². The Balaban J connectivity index is 1.55. The van der Waals surface area contributed by atoms with Crippen molar-refractivity contribution in [2.45, 2.75) is 59.2 Å². The summed E-state index contributed by atoms with van der Waals surface area (Å²) in [5.74, 6) is -0.757. The highest BCUT2D eigenvalue weighted by atomic mass is 19.3. The number of ether oxygens (including phenoxy) is 1. The van der Waals surface area contributed by atoms with Gasteiger partial charge in [0.2, 0.25) is 5.91 Å². The van der Waals surface area contributed by atoms with Crippen molar-refractivity contribution in [3.05, 3.63) is 59.4 Å². The number of nitrogens with zero attached hydrogens (tertiary/aromatic N) is 3. The molecule has 0 radical (unpaired) electrons. The molecule has 2 aromatic heterocycles. The Hall–Kier alpha value is -3.49. The second kappa shape index (κ2) is 10.0. The number of benzene rings is 1. The number of carboxylic acids is 1. The molecule has 1 aliphatic heterocycles. The van der Waals surface area contributed by atoms with Crippen molar-refractivity contribution in [3.8, 4) is 5.75 Å². The molecule has 7 nitrogen and oxygen atoms in total. The summed E-state index contributed by atoms with van der Waals surface area (Å²) in [7, 11) is 0. The fraction of sp³-hybridized carbons (Fsp3) is 0.423. The molecule has 1 aliphatic rings. The predicted molar refractivity (Wildman–Crippen MR) is 126 cm³/mol. The van der Waals surface area contributed by atoms with Crippen LogP contribution in [0.2, 0.25) is 0 Å². The van der Waals surface area contributed by atoms with Crippen LogP contribution in [0.3, 0.4) is 0 Å². The Morgan fingerprint density at radius 1 is 1.20 bits per heavy atom. The van der Waals surface area contributed by atoms with Crippen molar-refractivity contribution in [1.29, 1.82) is 0 Å². The predicted octanol–water partition coefficient (Wildman–Crippen LogP) is 4.85. The van der Waals surface area contributed by atoms with E-state index in [0.717, 1.165) is 22.3 Å². The number of hydrogen-bond acceptors (Lipinski definition) is 4. The highest BCUT2D eigenvalue weighted by molar-refractivity contribution is 5.84. The minimum atomic E-state index is -2.87. The number of fused-ring (bicyclic) bond motifs is 3. The standard InChI is InChI=1S/C26H29F2N3O4/c1-26(2,14-23(33)34)11-9-22(32)30-13-10-19-20-4-3-12-29-24(20)31(21(19)16-30)15-17-5-7-18(8-6-17)35-25(27)28/h3-8,12,25H,9-11,13-16H2,1-2H3,(H,33,34). The van der Waals surface area contributed by atoms with E-state index in [1.165, 1.54) is 17.7 Å². The summed E-state index contributed by atoms with van der Waals surface area (Å²) in [6, 6.07) is 10.4. The number of halogens is 2. The second-order valence-corrected chi connectivity index (χ2v) is 9.71. The Morgan fingerprint density at radius 3 is 2.63 bits per heavy atom. The molecule has 3 aromatic rings. The number of carbonyl (C=O) groups is 2. The van der Waals surface area contributed by atoms with Gasteiger partial charge in [-0.05, 0) is 53.6 Å². The van der Waals surface area contributed by atoms with E-state index in [-0.39, 0.29) is 18.1 Å². The highest BCUT2D eigenvalue weighted by Crippen LogP contribution is 2.32. The van der Waals surface area contributed by atoms with Gasteiger partial charge in [0.1, 0.15) is 11.4 Å². The lowest BCUT2D eigenvalue weighted by molar-refractivity contribution is -0.140. The van der Waals surface area contributed by atoms with Gasteiger partial charge < -0.3 is 19.3 Å². The van der Waals surface area contributed by atoms with Crippen molar-refractivity contribution in [2.75, 3.05) is 6.54 Å². The Labute approximate surface area is 202 Å². The lowest BCUT2D eigenvalue weighted by Crippen LogP contribution is -2.37. The summed E-state index contributed by atoms with van der Waals surface area (Å²) in [6.45, 7) is 2.37.